The Morgan fingerprint density at radius 1 is 1.40 bits per heavy atom. The average Bonchev–Trinajstić information content (AvgIpc) is 2.16. The van der Waals surface area contributed by atoms with Crippen LogP contribution in [0.15, 0.2) is 23.1 Å². The Morgan fingerprint density at radius 2 is 2.07 bits per heavy atom. The number of alkyl halides is 3. The van der Waals surface area contributed by atoms with Crippen LogP contribution >= 0.6 is 11.8 Å². The molecule has 0 N–H and O–H groups in total. The second-order valence-electron chi connectivity index (χ2n) is 2.54. The van der Waals surface area contributed by atoms with Gasteiger partial charge in [-0.3, -0.25) is 4.79 Å². The quantitative estimate of drug-likeness (QED) is 0.595. The molecule has 0 spiro atoms. The Bertz CT molecular complexity index is 363. The van der Waals surface area contributed by atoms with Gasteiger partial charge in [0.2, 0.25) is 0 Å². The van der Waals surface area contributed by atoms with Crippen LogP contribution in [0.4, 0.5) is 13.2 Å². The molecular formula is C9H7F3O2S. The number of carbonyl (C=O) groups excluding carboxylic acids is 1. The van der Waals surface area contributed by atoms with E-state index < -0.39 is 12.1 Å². The van der Waals surface area contributed by atoms with Gasteiger partial charge < -0.3 is 4.74 Å². The highest BCUT2D eigenvalue weighted by molar-refractivity contribution is 7.98. The topological polar surface area (TPSA) is 26.3 Å². The fraction of sp³-hybridized carbons (Fsp3) is 0.222. The van der Waals surface area contributed by atoms with Crippen LogP contribution in [0.1, 0.15) is 10.4 Å². The predicted octanol–water partition coefficient (Wildman–Crippen LogP) is 3.12. The highest BCUT2D eigenvalue weighted by Crippen LogP contribution is 2.34. The number of carbonyl (C=O) groups is 1. The Kier molecular flexibility index (Phi) is 3.62. The molecule has 1 rings (SSSR count). The first-order valence-corrected chi connectivity index (χ1v) is 5.08. The zero-order chi connectivity index (χ0) is 11.5. The van der Waals surface area contributed by atoms with Crippen LogP contribution < -0.4 is 4.74 Å². The third kappa shape index (κ3) is 3.16. The summed E-state index contributed by atoms with van der Waals surface area (Å²) in [4.78, 5) is 10.8. The lowest BCUT2D eigenvalue weighted by Crippen LogP contribution is -2.18. The summed E-state index contributed by atoms with van der Waals surface area (Å²) in [6, 6.07) is 4.23. The Morgan fingerprint density at radius 3 is 2.53 bits per heavy atom. The van der Waals surface area contributed by atoms with Crippen LogP contribution in [0.2, 0.25) is 0 Å². The van der Waals surface area contributed by atoms with Crippen molar-refractivity contribution in [3.8, 4) is 5.75 Å². The number of benzene rings is 1. The second kappa shape index (κ2) is 4.57. The maximum atomic E-state index is 12.0. The predicted molar refractivity (Wildman–Crippen MR) is 50.3 cm³/mol. The minimum Gasteiger partial charge on any atom is -0.404 e. The standard InChI is InChI=1S/C9H7F3O2S/c1-15-7-4-2-3-6(5-13)8(7)14-9(10,11)12/h2-5H,1H3. The molecular weight excluding hydrogens is 229 g/mol. The van der Waals surface area contributed by atoms with Gasteiger partial charge in [0.25, 0.3) is 0 Å². The Labute approximate surface area is 88.4 Å². The number of hydrogen-bond acceptors (Lipinski definition) is 3. The summed E-state index contributed by atoms with van der Waals surface area (Å²) >= 11 is 1.08. The lowest BCUT2D eigenvalue weighted by molar-refractivity contribution is -0.275. The molecule has 1 aromatic rings. The molecule has 82 valence electrons. The van der Waals surface area contributed by atoms with E-state index in [1.54, 1.807) is 6.26 Å². The lowest BCUT2D eigenvalue weighted by atomic mass is 10.2. The van der Waals surface area contributed by atoms with Crippen molar-refractivity contribution >= 4 is 18.0 Å². The van der Waals surface area contributed by atoms with Crippen molar-refractivity contribution in [1.29, 1.82) is 0 Å². The van der Waals surface area contributed by atoms with Gasteiger partial charge in [-0.2, -0.15) is 0 Å². The minimum atomic E-state index is -4.79. The van der Waals surface area contributed by atoms with Crippen LogP contribution in [0.25, 0.3) is 0 Å². The Hall–Kier alpha value is -1.17. The molecule has 0 heterocycles. The van der Waals surface area contributed by atoms with Crippen LogP contribution in [-0.4, -0.2) is 18.9 Å². The molecule has 0 amide bonds. The van der Waals surface area contributed by atoms with E-state index in [9.17, 15) is 18.0 Å². The van der Waals surface area contributed by atoms with Crippen molar-refractivity contribution in [3.05, 3.63) is 23.8 Å². The van der Waals surface area contributed by atoms with Crippen LogP contribution in [0, 0.1) is 0 Å². The number of para-hydroxylation sites is 1. The molecule has 0 saturated heterocycles. The zero-order valence-electron chi connectivity index (χ0n) is 7.67. The zero-order valence-corrected chi connectivity index (χ0v) is 8.48. The molecule has 1 aromatic carbocycles. The molecule has 0 atom stereocenters. The molecule has 0 fully saturated rings. The van der Waals surface area contributed by atoms with Crippen molar-refractivity contribution < 1.29 is 22.7 Å². The van der Waals surface area contributed by atoms with Gasteiger partial charge in [0.05, 0.1) is 10.5 Å². The van der Waals surface area contributed by atoms with Crippen molar-refractivity contribution in [2.75, 3.05) is 6.26 Å². The summed E-state index contributed by atoms with van der Waals surface area (Å²) < 4.78 is 39.9. The van der Waals surface area contributed by atoms with Gasteiger partial charge in [0.15, 0.2) is 12.0 Å². The van der Waals surface area contributed by atoms with Crippen molar-refractivity contribution in [2.24, 2.45) is 0 Å². The van der Waals surface area contributed by atoms with Gasteiger partial charge in [-0.05, 0) is 18.4 Å². The maximum absolute atomic E-state index is 12.0. The molecule has 0 bridgehead atoms. The fourth-order valence-corrected chi connectivity index (χ4v) is 1.57. The summed E-state index contributed by atoms with van der Waals surface area (Å²) in [5, 5.41) is 0. The fourth-order valence-electron chi connectivity index (χ4n) is 1.01. The number of rotatable bonds is 3. The minimum absolute atomic E-state index is 0.112. The van der Waals surface area contributed by atoms with Crippen LogP contribution in [0.5, 0.6) is 5.75 Å². The lowest BCUT2D eigenvalue weighted by Gasteiger charge is -2.13. The molecule has 2 nitrogen and oxygen atoms in total. The third-order valence-electron chi connectivity index (χ3n) is 1.57. The Balaban J connectivity index is 3.16. The number of aldehydes is 1. The first-order valence-electron chi connectivity index (χ1n) is 3.86. The molecule has 0 aliphatic heterocycles. The number of ether oxygens (including phenoxy) is 1. The van der Waals surface area contributed by atoms with Crippen LogP contribution in [0.3, 0.4) is 0 Å². The normalized spacial score (nSPS) is 11.2. The molecule has 6 heteroatoms. The van der Waals surface area contributed by atoms with Crippen molar-refractivity contribution in [3.63, 3.8) is 0 Å². The molecule has 0 aromatic heterocycles. The summed E-state index contributed by atoms with van der Waals surface area (Å²) in [5.41, 5.74) is -0.112. The molecule has 0 unspecified atom stereocenters. The van der Waals surface area contributed by atoms with Gasteiger partial charge in [0, 0.05) is 0 Å². The van der Waals surface area contributed by atoms with E-state index in [1.807, 2.05) is 0 Å². The van der Waals surface area contributed by atoms with E-state index in [-0.39, 0.29) is 10.5 Å². The third-order valence-corrected chi connectivity index (χ3v) is 2.34. The number of thioether (sulfide) groups is 1. The number of halogens is 3. The summed E-state index contributed by atoms with van der Waals surface area (Å²) in [7, 11) is 0. The number of hydrogen-bond donors (Lipinski definition) is 0. The van der Waals surface area contributed by atoms with E-state index in [1.165, 1.54) is 18.2 Å². The maximum Gasteiger partial charge on any atom is 0.573 e. The summed E-state index contributed by atoms with van der Waals surface area (Å²) in [6.07, 6.45) is -2.85. The highest BCUT2D eigenvalue weighted by Gasteiger charge is 2.33. The largest absolute Gasteiger partial charge is 0.573 e. The summed E-state index contributed by atoms with van der Waals surface area (Å²) in [5.74, 6) is -0.437. The SMILES string of the molecule is CSc1cccc(C=O)c1OC(F)(F)F. The van der Waals surface area contributed by atoms with E-state index in [4.69, 9.17) is 0 Å². The molecule has 15 heavy (non-hydrogen) atoms. The van der Waals surface area contributed by atoms with Gasteiger partial charge in [-0.15, -0.1) is 24.9 Å². The monoisotopic (exact) mass is 236 g/mol. The van der Waals surface area contributed by atoms with Gasteiger partial charge in [-0.25, -0.2) is 0 Å². The van der Waals surface area contributed by atoms with Crippen LogP contribution in [-0.2, 0) is 0 Å². The molecule has 0 saturated carbocycles. The molecule has 0 aliphatic rings. The van der Waals surface area contributed by atoms with Crippen molar-refractivity contribution in [2.45, 2.75) is 11.3 Å². The second-order valence-corrected chi connectivity index (χ2v) is 3.39. The molecule has 0 aliphatic carbocycles. The van der Waals surface area contributed by atoms with E-state index in [0.717, 1.165) is 11.8 Å². The first kappa shape index (κ1) is 11.9. The first-order chi connectivity index (χ1) is 6.98. The smallest absolute Gasteiger partial charge is 0.404 e. The summed E-state index contributed by atoms with van der Waals surface area (Å²) in [6.45, 7) is 0. The van der Waals surface area contributed by atoms with E-state index >= 15 is 0 Å². The van der Waals surface area contributed by atoms with Gasteiger partial charge in [0.1, 0.15) is 0 Å². The molecule has 0 radical (unpaired) electrons. The van der Waals surface area contributed by atoms with E-state index in [2.05, 4.69) is 4.74 Å². The average molecular weight is 236 g/mol. The van der Waals surface area contributed by atoms with Crippen molar-refractivity contribution in [1.82, 2.24) is 0 Å². The highest BCUT2D eigenvalue weighted by atomic mass is 32.2. The van der Waals surface area contributed by atoms with Gasteiger partial charge >= 0.3 is 6.36 Å². The van der Waals surface area contributed by atoms with Gasteiger partial charge in [-0.1, -0.05) is 6.07 Å². The van der Waals surface area contributed by atoms with E-state index in [0.29, 0.717) is 6.29 Å².